The van der Waals surface area contributed by atoms with Crippen LogP contribution in [0, 0.1) is 11.8 Å². The van der Waals surface area contributed by atoms with Gasteiger partial charge in [-0.1, -0.05) is 59.6 Å². The fourth-order valence-electron chi connectivity index (χ4n) is 3.58. The lowest BCUT2D eigenvalue weighted by Crippen LogP contribution is -2.26. The number of hydrogen-bond donors (Lipinski definition) is 1. The molecular formula is C28H41NO2. The number of ether oxygens (including phenoxy) is 1. The van der Waals surface area contributed by atoms with Gasteiger partial charge >= 0.3 is 0 Å². The standard InChI is InChI=1S/C28H41NO2/c1-10-12-13-14-20(3)23(6)21(4)15-16-26-27(24(7)30)25(19-28(8,9)31-26)22(5)17-18-29-11-2/h11,16-20,23,30H,5,7,10,12-14H2,1-4,6,8-9H3/b18-17-,29-11-. The lowest BCUT2D eigenvalue weighted by molar-refractivity contribution is 0.0795. The molecule has 0 fully saturated rings. The summed E-state index contributed by atoms with van der Waals surface area (Å²) in [5, 5.41) is 10.4. The van der Waals surface area contributed by atoms with Crippen LogP contribution in [0.4, 0.5) is 0 Å². The third-order valence-corrected chi connectivity index (χ3v) is 5.76. The predicted molar refractivity (Wildman–Crippen MR) is 134 cm³/mol. The number of nitrogens with zero attached hydrogens (tertiary/aromatic N) is 1. The van der Waals surface area contributed by atoms with E-state index in [1.165, 1.54) is 31.3 Å². The second kappa shape index (κ2) is 12.4. The van der Waals surface area contributed by atoms with Crippen molar-refractivity contribution in [3.63, 3.8) is 0 Å². The van der Waals surface area contributed by atoms with Crippen LogP contribution < -0.4 is 0 Å². The summed E-state index contributed by atoms with van der Waals surface area (Å²) in [6, 6.07) is 0. The third kappa shape index (κ3) is 8.26. The molecule has 170 valence electrons. The van der Waals surface area contributed by atoms with Gasteiger partial charge in [0.05, 0.1) is 5.57 Å². The first-order valence-corrected chi connectivity index (χ1v) is 11.4. The molecular weight excluding hydrogens is 382 g/mol. The first-order valence-electron chi connectivity index (χ1n) is 11.4. The van der Waals surface area contributed by atoms with Crippen molar-refractivity contribution in [3.8, 4) is 0 Å². The van der Waals surface area contributed by atoms with Crippen molar-refractivity contribution < 1.29 is 9.84 Å². The third-order valence-electron chi connectivity index (χ3n) is 5.76. The maximum atomic E-state index is 10.4. The largest absolute Gasteiger partial charge is 0.508 e. The number of rotatable bonds is 11. The molecule has 0 aliphatic carbocycles. The summed E-state index contributed by atoms with van der Waals surface area (Å²) in [6.07, 6.45) is 14.0. The van der Waals surface area contributed by atoms with E-state index in [4.69, 9.17) is 4.74 Å². The van der Waals surface area contributed by atoms with Crippen molar-refractivity contribution in [2.45, 2.75) is 79.8 Å². The van der Waals surface area contributed by atoms with Crippen molar-refractivity contribution in [2.75, 3.05) is 0 Å². The number of aliphatic hydroxyl groups excluding tert-OH is 1. The Bertz CT molecular complexity index is 842. The van der Waals surface area contributed by atoms with Crippen molar-refractivity contribution in [1.29, 1.82) is 0 Å². The van der Waals surface area contributed by atoms with E-state index in [-0.39, 0.29) is 5.76 Å². The summed E-state index contributed by atoms with van der Waals surface area (Å²) < 4.78 is 6.18. The van der Waals surface area contributed by atoms with Crippen LogP contribution in [-0.2, 0) is 4.74 Å². The van der Waals surface area contributed by atoms with Gasteiger partial charge in [-0.15, -0.1) is 5.73 Å². The van der Waals surface area contributed by atoms with Crippen molar-refractivity contribution in [3.05, 3.63) is 77.1 Å². The highest BCUT2D eigenvalue weighted by atomic mass is 16.5. The molecule has 0 bridgehead atoms. The molecule has 0 saturated heterocycles. The van der Waals surface area contributed by atoms with Gasteiger partial charge in [0.25, 0.3) is 0 Å². The zero-order valence-electron chi connectivity index (χ0n) is 20.6. The highest BCUT2D eigenvalue weighted by Gasteiger charge is 2.29. The molecule has 0 spiro atoms. The molecule has 0 aromatic rings. The monoisotopic (exact) mass is 423 g/mol. The highest BCUT2D eigenvalue weighted by molar-refractivity contribution is 5.61. The van der Waals surface area contributed by atoms with Crippen molar-refractivity contribution >= 4 is 6.21 Å². The predicted octanol–water partition coefficient (Wildman–Crippen LogP) is 8.16. The summed E-state index contributed by atoms with van der Waals surface area (Å²) in [7, 11) is 0. The summed E-state index contributed by atoms with van der Waals surface area (Å²) >= 11 is 0. The van der Waals surface area contributed by atoms with Gasteiger partial charge in [0.2, 0.25) is 0 Å². The van der Waals surface area contributed by atoms with E-state index in [0.717, 1.165) is 11.1 Å². The van der Waals surface area contributed by atoms with Crippen LogP contribution in [0.5, 0.6) is 0 Å². The van der Waals surface area contributed by atoms with Crippen LogP contribution in [0.25, 0.3) is 0 Å². The number of aliphatic hydroxyl groups is 1. The fourth-order valence-corrected chi connectivity index (χ4v) is 3.58. The maximum absolute atomic E-state index is 10.4. The fraction of sp³-hybridized carbons (Fsp3) is 0.500. The summed E-state index contributed by atoms with van der Waals surface area (Å²) in [5.74, 6) is 1.51. The van der Waals surface area contributed by atoms with Gasteiger partial charge in [-0.2, -0.15) is 0 Å². The van der Waals surface area contributed by atoms with Crippen molar-refractivity contribution in [1.82, 2.24) is 0 Å². The van der Waals surface area contributed by atoms with Gasteiger partial charge in [0, 0.05) is 18.5 Å². The Morgan fingerprint density at radius 1 is 1.29 bits per heavy atom. The number of aliphatic imine (C=N–C) groups is 1. The SMILES string of the molecule is C=C(O)C1=C(C=C=C(C)C(C)C(C)CCCCC)OC(C)(C)C=C1C(=C)/C=C\N=C/C. The summed E-state index contributed by atoms with van der Waals surface area (Å²) in [6.45, 7) is 22.6. The average Bonchev–Trinajstić information content (AvgIpc) is 2.70. The number of unbranched alkanes of at least 4 members (excludes halogenated alkanes) is 2. The minimum atomic E-state index is -0.556. The molecule has 0 aromatic heterocycles. The van der Waals surface area contributed by atoms with E-state index in [0.29, 0.717) is 23.2 Å². The van der Waals surface area contributed by atoms with Crippen LogP contribution >= 0.6 is 0 Å². The van der Waals surface area contributed by atoms with Crippen molar-refractivity contribution in [2.24, 2.45) is 16.8 Å². The Balaban J connectivity index is 3.33. The average molecular weight is 424 g/mol. The minimum Gasteiger partial charge on any atom is -0.508 e. The first-order chi connectivity index (χ1) is 14.5. The normalized spacial score (nSPS) is 17.7. The zero-order valence-corrected chi connectivity index (χ0v) is 20.6. The van der Waals surface area contributed by atoms with Gasteiger partial charge in [-0.05, 0) is 68.4 Å². The second-order valence-corrected chi connectivity index (χ2v) is 8.93. The molecule has 3 nitrogen and oxygen atoms in total. The van der Waals surface area contributed by atoms with Gasteiger partial charge in [-0.3, -0.25) is 4.99 Å². The Kier molecular flexibility index (Phi) is 10.6. The summed E-state index contributed by atoms with van der Waals surface area (Å²) in [4.78, 5) is 4.10. The lowest BCUT2D eigenvalue weighted by atomic mass is 9.86. The minimum absolute atomic E-state index is 0.0537. The van der Waals surface area contributed by atoms with Gasteiger partial charge in [0.15, 0.2) is 0 Å². The Hall–Kier alpha value is -2.51. The molecule has 1 rings (SSSR count). The molecule has 3 heteroatoms. The Morgan fingerprint density at radius 2 is 1.97 bits per heavy atom. The molecule has 0 radical (unpaired) electrons. The molecule has 2 unspecified atom stereocenters. The second-order valence-electron chi connectivity index (χ2n) is 8.93. The van der Waals surface area contributed by atoms with Crippen LogP contribution in [0.1, 0.15) is 74.1 Å². The van der Waals surface area contributed by atoms with E-state index in [1.54, 1.807) is 12.4 Å². The highest BCUT2D eigenvalue weighted by Crippen LogP contribution is 2.37. The molecule has 1 N–H and O–H groups in total. The van der Waals surface area contributed by atoms with E-state index < -0.39 is 5.60 Å². The molecule has 0 aromatic carbocycles. The van der Waals surface area contributed by atoms with E-state index in [2.05, 4.69) is 51.6 Å². The van der Waals surface area contributed by atoms with Crippen LogP contribution in [-0.4, -0.2) is 16.9 Å². The molecule has 31 heavy (non-hydrogen) atoms. The topological polar surface area (TPSA) is 41.8 Å². The molecule has 0 saturated carbocycles. The van der Waals surface area contributed by atoms with Gasteiger partial charge in [0.1, 0.15) is 17.1 Å². The quantitative estimate of drug-likeness (QED) is 0.120. The van der Waals surface area contributed by atoms with Crippen LogP contribution in [0.3, 0.4) is 0 Å². The zero-order chi connectivity index (χ0) is 23.6. The molecule has 1 aliphatic rings. The molecule has 2 atom stereocenters. The number of allylic oxidation sites excluding steroid dienone is 4. The first kappa shape index (κ1) is 26.5. The summed E-state index contributed by atoms with van der Waals surface area (Å²) in [5.41, 5.74) is 6.10. The smallest absolute Gasteiger partial charge is 0.139 e. The maximum Gasteiger partial charge on any atom is 0.139 e. The lowest BCUT2D eigenvalue weighted by Gasteiger charge is -2.32. The van der Waals surface area contributed by atoms with Crippen LogP contribution in [0.15, 0.2) is 82.1 Å². The molecule has 1 aliphatic heterocycles. The number of hydrogen-bond acceptors (Lipinski definition) is 3. The Labute approximate surface area is 190 Å². The van der Waals surface area contributed by atoms with Gasteiger partial charge < -0.3 is 9.84 Å². The van der Waals surface area contributed by atoms with Gasteiger partial charge in [-0.25, -0.2) is 0 Å². The molecule has 1 heterocycles. The van der Waals surface area contributed by atoms with E-state index in [9.17, 15) is 5.11 Å². The van der Waals surface area contributed by atoms with E-state index >= 15 is 0 Å². The molecule has 0 amide bonds. The Morgan fingerprint density at radius 3 is 2.55 bits per heavy atom. The van der Waals surface area contributed by atoms with Crippen LogP contribution in [0.2, 0.25) is 0 Å². The van der Waals surface area contributed by atoms with E-state index in [1.807, 2.05) is 39.0 Å².